The smallest absolute Gasteiger partial charge is 0.189 e. The van der Waals surface area contributed by atoms with Crippen LogP contribution in [0.3, 0.4) is 0 Å². The molecule has 0 bridgehead atoms. The third-order valence-electron chi connectivity index (χ3n) is 4.84. The number of allylic oxidation sites excluding steroid dienone is 1. The van der Waals surface area contributed by atoms with E-state index in [0.29, 0.717) is 6.61 Å². The van der Waals surface area contributed by atoms with Crippen molar-refractivity contribution in [2.24, 2.45) is 0 Å². The SMILES string of the molecule is Cc1cccc(C=C2CCc3cc(OCCn4ccnc4)ccc3C2=O)c1. The highest BCUT2D eigenvalue weighted by atomic mass is 16.5. The zero-order chi connectivity index (χ0) is 18.6. The minimum absolute atomic E-state index is 0.128. The van der Waals surface area contributed by atoms with Crippen LogP contribution in [0.4, 0.5) is 0 Å². The van der Waals surface area contributed by atoms with E-state index in [2.05, 4.69) is 24.0 Å². The van der Waals surface area contributed by atoms with Crippen LogP contribution in [0.1, 0.15) is 33.5 Å². The number of carbonyl (C=O) groups excluding carboxylic acids is 1. The monoisotopic (exact) mass is 358 g/mol. The number of ether oxygens (including phenoxy) is 1. The van der Waals surface area contributed by atoms with Crippen LogP contribution >= 0.6 is 0 Å². The van der Waals surface area contributed by atoms with Gasteiger partial charge in [0.2, 0.25) is 0 Å². The van der Waals surface area contributed by atoms with E-state index in [9.17, 15) is 4.79 Å². The van der Waals surface area contributed by atoms with Crippen molar-refractivity contribution in [2.75, 3.05) is 6.61 Å². The third kappa shape index (κ3) is 4.00. The maximum atomic E-state index is 12.9. The van der Waals surface area contributed by atoms with Crippen molar-refractivity contribution in [2.45, 2.75) is 26.3 Å². The number of carbonyl (C=O) groups is 1. The van der Waals surface area contributed by atoms with Crippen LogP contribution in [0.5, 0.6) is 5.75 Å². The van der Waals surface area contributed by atoms with Crippen molar-refractivity contribution in [1.82, 2.24) is 9.55 Å². The zero-order valence-electron chi connectivity index (χ0n) is 15.4. The molecule has 1 heterocycles. The Hall–Kier alpha value is -3.14. The number of nitrogens with zero attached hydrogens (tertiary/aromatic N) is 2. The van der Waals surface area contributed by atoms with Gasteiger partial charge in [0, 0.05) is 23.5 Å². The van der Waals surface area contributed by atoms with Gasteiger partial charge >= 0.3 is 0 Å². The van der Waals surface area contributed by atoms with Gasteiger partial charge < -0.3 is 9.30 Å². The van der Waals surface area contributed by atoms with E-state index in [1.54, 1.807) is 12.5 Å². The normalized spacial score (nSPS) is 15.0. The summed E-state index contributed by atoms with van der Waals surface area (Å²) in [5, 5.41) is 0. The zero-order valence-corrected chi connectivity index (χ0v) is 15.4. The Morgan fingerprint density at radius 3 is 2.93 bits per heavy atom. The lowest BCUT2D eigenvalue weighted by Crippen LogP contribution is -2.14. The van der Waals surface area contributed by atoms with Crippen LogP contribution in [0.2, 0.25) is 0 Å². The molecule has 0 radical (unpaired) electrons. The van der Waals surface area contributed by atoms with Crippen LogP contribution in [0.15, 0.2) is 66.8 Å². The molecule has 0 unspecified atom stereocenters. The molecule has 0 atom stereocenters. The molecule has 4 rings (SSSR count). The average molecular weight is 358 g/mol. The second kappa shape index (κ2) is 7.62. The topological polar surface area (TPSA) is 44.1 Å². The van der Waals surface area contributed by atoms with Crippen LogP contribution in [-0.2, 0) is 13.0 Å². The average Bonchev–Trinajstić information content (AvgIpc) is 3.18. The lowest BCUT2D eigenvalue weighted by Gasteiger charge is -2.19. The van der Waals surface area contributed by atoms with Gasteiger partial charge in [0.05, 0.1) is 12.9 Å². The predicted octanol–water partition coefficient (Wildman–Crippen LogP) is 4.48. The minimum Gasteiger partial charge on any atom is -0.492 e. The predicted molar refractivity (Wildman–Crippen MR) is 106 cm³/mol. The van der Waals surface area contributed by atoms with Crippen LogP contribution < -0.4 is 4.74 Å². The van der Waals surface area contributed by atoms with E-state index in [4.69, 9.17) is 4.74 Å². The van der Waals surface area contributed by atoms with E-state index in [0.717, 1.165) is 47.4 Å². The van der Waals surface area contributed by atoms with Crippen molar-refractivity contribution in [3.63, 3.8) is 0 Å². The van der Waals surface area contributed by atoms with E-state index in [1.807, 2.05) is 47.2 Å². The first kappa shape index (κ1) is 17.3. The van der Waals surface area contributed by atoms with Gasteiger partial charge in [0.25, 0.3) is 0 Å². The summed E-state index contributed by atoms with van der Waals surface area (Å²) < 4.78 is 7.82. The van der Waals surface area contributed by atoms with Gasteiger partial charge in [-0.05, 0) is 55.2 Å². The fourth-order valence-electron chi connectivity index (χ4n) is 3.43. The van der Waals surface area contributed by atoms with Gasteiger partial charge in [-0.3, -0.25) is 4.79 Å². The van der Waals surface area contributed by atoms with Gasteiger partial charge in [0.15, 0.2) is 5.78 Å². The van der Waals surface area contributed by atoms with Crippen molar-refractivity contribution in [1.29, 1.82) is 0 Å². The largest absolute Gasteiger partial charge is 0.492 e. The molecule has 0 fully saturated rings. The van der Waals surface area contributed by atoms with E-state index >= 15 is 0 Å². The molecule has 0 saturated carbocycles. The number of aryl methyl sites for hydroxylation is 2. The summed E-state index contributed by atoms with van der Waals surface area (Å²) in [6.45, 7) is 3.38. The summed E-state index contributed by atoms with van der Waals surface area (Å²) in [5.41, 5.74) is 5.03. The number of imidazole rings is 1. The molecule has 1 aromatic heterocycles. The molecule has 0 spiro atoms. The van der Waals surface area contributed by atoms with Crippen LogP contribution in [0, 0.1) is 6.92 Å². The second-order valence-corrected chi connectivity index (χ2v) is 6.88. The number of benzene rings is 2. The summed E-state index contributed by atoms with van der Waals surface area (Å²) in [4.78, 5) is 16.9. The molecule has 0 N–H and O–H groups in total. The molecular formula is C23H22N2O2. The molecule has 0 amide bonds. The fourth-order valence-corrected chi connectivity index (χ4v) is 3.43. The van der Waals surface area contributed by atoms with Gasteiger partial charge in [-0.15, -0.1) is 0 Å². The van der Waals surface area contributed by atoms with Gasteiger partial charge in [-0.25, -0.2) is 4.98 Å². The van der Waals surface area contributed by atoms with Gasteiger partial charge in [0.1, 0.15) is 12.4 Å². The minimum atomic E-state index is 0.128. The standard InChI is InChI=1S/C23H22N2O2/c1-17-3-2-4-18(13-17)14-20-6-5-19-15-21(7-8-22(19)23(20)26)27-12-11-25-10-9-24-16-25/h2-4,7-10,13-16H,5-6,11-12H2,1H3. The van der Waals surface area contributed by atoms with Crippen LogP contribution in [0.25, 0.3) is 6.08 Å². The summed E-state index contributed by atoms with van der Waals surface area (Å²) in [6.07, 6.45) is 9.09. The summed E-state index contributed by atoms with van der Waals surface area (Å²) in [5.74, 6) is 0.940. The Morgan fingerprint density at radius 1 is 1.19 bits per heavy atom. The third-order valence-corrected chi connectivity index (χ3v) is 4.84. The highest BCUT2D eigenvalue weighted by Gasteiger charge is 2.22. The maximum absolute atomic E-state index is 12.9. The molecule has 0 aliphatic heterocycles. The number of aromatic nitrogens is 2. The summed E-state index contributed by atoms with van der Waals surface area (Å²) in [6, 6.07) is 14.0. The molecule has 3 aromatic rings. The molecule has 1 aliphatic rings. The quantitative estimate of drug-likeness (QED) is 0.632. The van der Waals surface area contributed by atoms with E-state index in [-0.39, 0.29) is 5.78 Å². The Morgan fingerprint density at radius 2 is 2.11 bits per heavy atom. The number of Topliss-reactive ketones (excluding diaryl/α,β-unsaturated/α-hetero) is 1. The number of hydrogen-bond acceptors (Lipinski definition) is 3. The molecule has 4 heteroatoms. The molecule has 1 aliphatic carbocycles. The summed E-state index contributed by atoms with van der Waals surface area (Å²) >= 11 is 0. The summed E-state index contributed by atoms with van der Waals surface area (Å²) in [7, 11) is 0. The van der Waals surface area contributed by atoms with Crippen molar-refractivity contribution in [3.8, 4) is 5.75 Å². The first-order chi connectivity index (χ1) is 13.2. The number of hydrogen-bond donors (Lipinski definition) is 0. The fraction of sp³-hybridized carbons (Fsp3) is 0.217. The molecule has 27 heavy (non-hydrogen) atoms. The Bertz CT molecular complexity index is 987. The Labute approximate surface area is 159 Å². The second-order valence-electron chi connectivity index (χ2n) is 6.88. The number of ketones is 1. The van der Waals surface area contributed by atoms with E-state index < -0.39 is 0 Å². The van der Waals surface area contributed by atoms with Gasteiger partial charge in [-0.1, -0.05) is 29.8 Å². The number of fused-ring (bicyclic) bond motifs is 1. The van der Waals surface area contributed by atoms with Crippen molar-refractivity contribution in [3.05, 3.63) is 89.0 Å². The first-order valence-electron chi connectivity index (χ1n) is 9.22. The van der Waals surface area contributed by atoms with Crippen molar-refractivity contribution < 1.29 is 9.53 Å². The molecule has 2 aromatic carbocycles. The first-order valence-corrected chi connectivity index (χ1v) is 9.22. The molecule has 136 valence electrons. The highest BCUT2D eigenvalue weighted by molar-refractivity contribution is 6.13. The highest BCUT2D eigenvalue weighted by Crippen LogP contribution is 2.29. The van der Waals surface area contributed by atoms with E-state index in [1.165, 1.54) is 5.56 Å². The number of rotatable bonds is 5. The molecule has 4 nitrogen and oxygen atoms in total. The van der Waals surface area contributed by atoms with Crippen LogP contribution in [-0.4, -0.2) is 21.9 Å². The lowest BCUT2D eigenvalue weighted by atomic mass is 9.86. The van der Waals surface area contributed by atoms with Crippen molar-refractivity contribution >= 4 is 11.9 Å². The molecule has 0 saturated heterocycles. The maximum Gasteiger partial charge on any atom is 0.189 e. The molecular weight excluding hydrogens is 336 g/mol. The van der Waals surface area contributed by atoms with Gasteiger partial charge in [-0.2, -0.15) is 0 Å². The Kier molecular flexibility index (Phi) is 4.88. The lowest BCUT2D eigenvalue weighted by molar-refractivity contribution is 0.102. The Balaban J connectivity index is 1.47.